The lowest BCUT2D eigenvalue weighted by Gasteiger charge is -2.41. The number of amides is 1. The molecule has 3 rings (SSSR count). The van der Waals surface area contributed by atoms with E-state index in [1.165, 1.54) is 0 Å². The van der Waals surface area contributed by atoms with Crippen molar-refractivity contribution in [2.75, 3.05) is 26.2 Å². The molecule has 0 radical (unpaired) electrons. The van der Waals surface area contributed by atoms with Gasteiger partial charge in [-0.05, 0) is 25.7 Å². The first kappa shape index (κ1) is 16.7. The van der Waals surface area contributed by atoms with Crippen molar-refractivity contribution in [3.05, 3.63) is 11.6 Å². The molecular weight excluding hydrogens is 310 g/mol. The van der Waals surface area contributed by atoms with Gasteiger partial charge in [-0.15, -0.1) is 0 Å². The quantitative estimate of drug-likeness (QED) is 0.847. The SMILES string of the molecule is CC(C)C(=O)N1CCC(N2CCC(Oc3nccs3)CC2)CC1. The van der Waals surface area contributed by atoms with Gasteiger partial charge in [0.05, 0.1) is 0 Å². The Hall–Kier alpha value is -1.14. The van der Waals surface area contributed by atoms with Crippen LogP contribution in [0.1, 0.15) is 39.5 Å². The van der Waals surface area contributed by atoms with Crippen LogP contribution in [-0.4, -0.2) is 59.0 Å². The molecule has 2 aliphatic rings. The minimum absolute atomic E-state index is 0.116. The summed E-state index contributed by atoms with van der Waals surface area (Å²) in [7, 11) is 0. The highest BCUT2D eigenvalue weighted by atomic mass is 32.1. The predicted molar refractivity (Wildman–Crippen MR) is 91.8 cm³/mol. The van der Waals surface area contributed by atoms with Crippen LogP contribution in [0.3, 0.4) is 0 Å². The van der Waals surface area contributed by atoms with Gasteiger partial charge < -0.3 is 9.64 Å². The molecule has 1 aromatic rings. The molecule has 128 valence electrons. The zero-order valence-electron chi connectivity index (χ0n) is 14.1. The zero-order chi connectivity index (χ0) is 16.2. The van der Waals surface area contributed by atoms with Gasteiger partial charge in [0, 0.05) is 49.7 Å². The Labute approximate surface area is 142 Å². The molecule has 1 aromatic heterocycles. The lowest BCUT2D eigenvalue weighted by Crippen LogP contribution is -2.50. The molecular formula is C17H27N3O2S. The fourth-order valence-corrected chi connectivity index (χ4v) is 4.14. The lowest BCUT2D eigenvalue weighted by atomic mass is 9.98. The van der Waals surface area contributed by atoms with Gasteiger partial charge in [0.25, 0.3) is 5.19 Å². The van der Waals surface area contributed by atoms with Crippen LogP contribution in [0.15, 0.2) is 11.6 Å². The van der Waals surface area contributed by atoms with Crippen molar-refractivity contribution >= 4 is 17.2 Å². The number of piperidine rings is 2. The second-order valence-electron chi connectivity index (χ2n) is 6.86. The smallest absolute Gasteiger partial charge is 0.273 e. The Kier molecular flexibility index (Phi) is 5.54. The highest BCUT2D eigenvalue weighted by Gasteiger charge is 2.30. The maximum Gasteiger partial charge on any atom is 0.273 e. The van der Waals surface area contributed by atoms with Crippen molar-refractivity contribution in [3.63, 3.8) is 0 Å². The number of carbonyl (C=O) groups excluding carboxylic acids is 1. The van der Waals surface area contributed by atoms with E-state index in [4.69, 9.17) is 4.74 Å². The number of carbonyl (C=O) groups is 1. The summed E-state index contributed by atoms with van der Waals surface area (Å²) in [6.45, 7) is 8.00. The first-order valence-electron chi connectivity index (χ1n) is 8.72. The van der Waals surface area contributed by atoms with E-state index in [1.807, 2.05) is 24.1 Å². The summed E-state index contributed by atoms with van der Waals surface area (Å²) in [4.78, 5) is 20.9. The van der Waals surface area contributed by atoms with Gasteiger partial charge in [0.15, 0.2) is 0 Å². The number of nitrogens with zero attached hydrogens (tertiary/aromatic N) is 3. The molecule has 0 spiro atoms. The standard InChI is InChI=1S/C17H27N3O2S/c1-13(2)16(21)20-8-3-14(4-9-20)19-10-5-15(6-11-19)22-17-18-7-12-23-17/h7,12-15H,3-6,8-11H2,1-2H3. The largest absolute Gasteiger partial charge is 0.467 e. The van der Waals surface area contributed by atoms with Crippen LogP contribution in [0, 0.1) is 5.92 Å². The third-order valence-electron chi connectivity index (χ3n) is 4.94. The van der Waals surface area contributed by atoms with E-state index in [-0.39, 0.29) is 5.92 Å². The molecule has 2 aliphatic heterocycles. The monoisotopic (exact) mass is 337 g/mol. The van der Waals surface area contributed by atoms with Gasteiger partial charge in [-0.25, -0.2) is 4.98 Å². The van der Waals surface area contributed by atoms with Crippen LogP contribution in [0.25, 0.3) is 0 Å². The van der Waals surface area contributed by atoms with Crippen molar-refractivity contribution in [1.29, 1.82) is 0 Å². The zero-order valence-corrected chi connectivity index (χ0v) is 14.9. The highest BCUT2D eigenvalue weighted by molar-refractivity contribution is 7.11. The Bertz CT molecular complexity index is 490. The minimum atomic E-state index is 0.116. The number of hydrogen-bond acceptors (Lipinski definition) is 5. The van der Waals surface area contributed by atoms with Crippen molar-refractivity contribution in [3.8, 4) is 5.19 Å². The van der Waals surface area contributed by atoms with Gasteiger partial charge in [-0.3, -0.25) is 9.69 Å². The van der Waals surface area contributed by atoms with E-state index in [0.29, 0.717) is 18.1 Å². The van der Waals surface area contributed by atoms with Crippen molar-refractivity contribution in [1.82, 2.24) is 14.8 Å². The predicted octanol–water partition coefficient (Wildman–Crippen LogP) is 2.63. The third-order valence-corrected chi connectivity index (χ3v) is 5.60. The molecule has 0 bridgehead atoms. The molecule has 0 aromatic carbocycles. The number of rotatable bonds is 4. The summed E-state index contributed by atoms with van der Waals surface area (Å²) >= 11 is 1.57. The molecule has 0 saturated carbocycles. The first-order valence-corrected chi connectivity index (χ1v) is 9.60. The molecule has 2 fully saturated rings. The van der Waals surface area contributed by atoms with E-state index < -0.39 is 0 Å². The van der Waals surface area contributed by atoms with E-state index in [0.717, 1.165) is 57.1 Å². The van der Waals surface area contributed by atoms with E-state index in [9.17, 15) is 4.79 Å². The van der Waals surface area contributed by atoms with Crippen molar-refractivity contribution in [2.24, 2.45) is 5.92 Å². The van der Waals surface area contributed by atoms with Gasteiger partial charge in [-0.2, -0.15) is 0 Å². The normalized spacial score (nSPS) is 21.8. The van der Waals surface area contributed by atoms with E-state index in [1.54, 1.807) is 17.5 Å². The van der Waals surface area contributed by atoms with Crippen LogP contribution >= 0.6 is 11.3 Å². The molecule has 0 aliphatic carbocycles. The molecule has 1 amide bonds. The third kappa shape index (κ3) is 4.23. The maximum atomic E-state index is 12.1. The molecule has 3 heterocycles. The fraction of sp³-hybridized carbons (Fsp3) is 0.765. The van der Waals surface area contributed by atoms with Crippen LogP contribution < -0.4 is 4.74 Å². The summed E-state index contributed by atoms with van der Waals surface area (Å²) < 4.78 is 5.93. The number of hydrogen-bond donors (Lipinski definition) is 0. The molecule has 0 N–H and O–H groups in total. The van der Waals surface area contributed by atoms with Gasteiger partial charge in [-0.1, -0.05) is 25.2 Å². The molecule has 5 nitrogen and oxygen atoms in total. The van der Waals surface area contributed by atoms with Crippen LogP contribution in [-0.2, 0) is 4.79 Å². The summed E-state index contributed by atoms with van der Waals surface area (Å²) in [6, 6.07) is 0.632. The summed E-state index contributed by atoms with van der Waals surface area (Å²) in [5.41, 5.74) is 0. The number of likely N-dealkylation sites (tertiary alicyclic amines) is 2. The molecule has 0 atom stereocenters. The topological polar surface area (TPSA) is 45.7 Å². The minimum Gasteiger partial charge on any atom is -0.467 e. The van der Waals surface area contributed by atoms with Gasteiger partial charge in [0.1, 0.15) is 6.10 Å². The summed E-state index contributed by atoms with van der Waals surface area (Å²) in [5, 5.41) is 2.75. The lowest BCUT2D eigenvalue weighted by molar-refractivity contribution is -0.136. The van der Waals surface area contributed by atoms with E-state index in [2.05, 4.69) is 9.88 Å². The van der Waals surface area contributed by atoms with Crippen molar-refractivity contribution in [2.45, 2.75) is 51.7 Å². The second-order valence-corrected chi connectivity index (χ2v) is 7.72. The Morgan fingerprint density at radius 2 is 1.91 bits per heavy atom. The number of aromatic nitrogens is 1. The van der Waals surface area contributed by atoms with Gasteiger partial charge in [0.2, 0.25) is 5.91 Å². The fourth-order valence-electron chi connectivity index (χ4n) is 3.59. The second kappa shape index (κ2) is 7.62. The maximum absolute atomic E-state index is 12.1. The Morgan fingerprint density at radius 1 is 1.22 bits per heavy atom. The molecule has 2 saturated heterocycles. The average Bonchev–Trinajstić information content (AvgIpc) is 3.08. The van der Waals surface area contributed by atoms with Crippen LogP contribution in [0.4, 0.5) is 0 Å². The summed E-state index contributed by atoms with van der Waals surface area (Å²) in [5.74, 6) is 0.421. The Balaban J connectivity index is 1.41. The van der Waals surface area contributed by atoms with Crippen molar-refractivity contribution < 1.29 is 9.53 Å². The first-order chi connectivity index (χ1) is 11.1. The van der Waals surface area contributed by atoms with Gasteiger partial charge >= 0.3 is 0 Å². The van der Waals surface area contributed by atoms with E-state index >= 15 is 0 Å². The highest BCUT2D eigenvalue weighted by Crippen LogP contribution is 2.25. The molecule has 0 unspecified atom stereocenters. The summed E-state index contributed by atoms with van der Waals surface area (Å²) in [6.07, 6.45) is 6.46. The van der Waals surface area contributed by atoms with Crippen LogP contribution in [0.2, 0.25) is 0 Å². The van der Waals surface area contributed by atoms with Crippen LogP contribution in [0.5, 0.6) is 5.19 Å². The number of ether oxygens (including phenoxy) is 1. The molecule has 6 heteroatoms. The Morgan fingerprint density at radius 3 is 2.48 bits per heavy atom. The average molecular weight is 337 g/mol. The number of thiazole rings is 1. The molecule has 23 heavy (non-hydrogen) atoms.